The maximum Gasteiger partial charge on any atom is 0.251 e. The lowest BCUT2D eigenvalue weighted by Gasteiger charge is -2.22. The lowest BCUT2D eigenvalue weighted by Crippen LogP contribution is -2.41. The van der Waals surface area contributed by atoms with Crippen molar-refractivity contribution in [3.63, 3.8) is 0 Å². The van der Waals surface area contributed by atoms with E-state index in [0.717, 1.165) is 29.7 Å². The van der Waals surface area contributed by atoms with Gasteiger partial charge in [0.15, 0.2) is 0 Å². The van der Waals surface area contributed by atoms with E-state index < -0.39 is 5.91 Å². The van der Waals surface area contributed by atoms with Crippen LogP contribution in [0.5, 0.6) is 0 Å². The minimum Gasteiger partial charge on any atom is -0.365 e. The molecular weight excluding hydrogens is 340 g/mol. The molecule has 0 aliphatic heterocycles. The molecule has 1 aliphatic rings. The van der Waals surface area contributed by atoms with E-state index in [9.17, 15) is 14.4 Å². The van der Waals surface area contributed by atoms with Crippen LogP contribution in [0.1, 0.15) is 41.1 Å². The van der Waals surface area contributed by atoms with Crippen molar-refractivity contribution in [2.24, 2.45) is 5.73 Å². The van der Waals surface area contributed by atoms with Crippen molar-refractivity contribution in [3.05, 3.63) is 16.0 Å². The van der Waals surface area contributed by atoms with Gasteiger partial charge in [0, 0.05) is 18.0 Å². The van der Waals surface area contributed by atoms with Gasteiger partial charge >= 0.3 is 0 Å². The highest BCUT2D eigenvalue weighted by molar-refractivity contribution is 7.17. The van der Waals surface area contributed by atoms with Crippen molar-refractivity contribution in [3.8, 4) is 0 Å². The molecule has 0 radical (unpaired) electrons. The van der Waals surface area contributed by atoms with E-state index in [1.165, 1.54) is 11.3 Å². The van der Waals surface area contributed by atoms with Gasteiger partial charge < -0.3 is 16.0 Å². The Hall–Kier alpha value is -1.93. The summed E-state index contributed by atoms with van der Waals surface area (Å²) in [5.74, 6) is -0.759. The Labute approximate surface area is 152 Å². The number of hydrogen-bond donors (Lipinski definition) is 2. The van der Waals surface area contributed by atoms with Crippen LogP contribution < -0.4 is 11.1 Å². The van der Waals surface area contributed by atoms with Gasteiger partial charge in [0.2, 0.25) is 11.8 Å². The highest BCUT2D eigenvalue weighted by Crippen LogP contribution is 2.38. The fourth-order valence-electron chi connectivity index (χ4n) is 3.13. The number of primary amides is 1. The molecule has 1 aliphatic carbocycles. The Morgan fingerprint density at radius 2 is 1.84 bits per heavy atom. The first-order chi connectivity index (χ1) is 11.9. The summed E-state index contributed by atoms with van der Waals surface area (Å²) in [6.07, 6.45) is 2.78. The van der Waals surface area contributed by atoms with Gasteiger partial charge in [-0.1, -0.05) is 0 Å². The molecule has 0 saturated carbocycles. The third kappa shape index (κ3) is 4.58. The Morgan fingerprint density at radius 3 is 2.44 bits per heavy atom. The van der Waals surface area contributed by atoms with Crippen LogP contribution in [0, 0.1) is 0 Å². The second kappa shape index (κ2) is 8.44. The Kier molecular flexibility index (Phi) is 6.55. The Balaban J connectivity index is 1.97. The normalized spacial score (nSPS) is 13.0. The van der Waals surface area contributed by atoms with E-state index in [2.05, 4.69) is 5.32 Å². The van der Waals surface area contributed by atoms with E-state index in [4.69, 9.17) is 5.73 Å². The van der Waals surface area contributed by atoms with Crippen LogP contribution in [-0.4, -0.2) is 60.7 Å². The fourth-order valence-corrected chi connectivity index (χ4v) is 4.44. The first-order valence-electron chi connectivity index (χ1n) is 8.57. The van der Waals surface area contributed by atoms with Gasteiger partial charge in [-0.25, -0.2) is 0 Å². The minimum atomic E-state index is -0.500. The molecule has 3 amide bonds. The van der Waals surface area contributed by atoms with Crippen LogP contribution in [0.2, 0.25) is 0 Å². The second-order valence-corrected chi connectivity index (χ2v) is 7.32. The molecule has 0 saturated heterocycles. The van der Waals surface area contributed by atoms with Crippen molar-refractivity contribution in [1.29, 1.82) is 0 Å². The number of thiophene rings is 1. The molecule has 25 heavy (non-hydrogen) atoms. The molecule has 7 nitrogen and oxygen atoms in total. The smallest absolute Gasteiger partial charge is 0.251 e. The second-order valence-electron chi connectivity index (χ2n) is 6.21. The van der Waals surface area contributed by atoms with Crippen LogP contribution in [-0.2, 0) is 22.4 Å². The van der Waals surface area contributed by atoms with E-state index >= 15 is 0 Å². The maximum atomic E-state index is 12.3. The number of aryl methyl sites for hydroxylation is 1. The topological polar surface area (TPSA) is 95.7 Å². The van der Waals surface area contributed by atoms with Crippen LogP contribution in [0.3, 0.4) is 0 Å². The number of fused-ring (bicyclic) bond motifs is 1. The standard InChI is InChI=1S/C17H26N4O3S/c1-4-21(5-2)14(23)10-20(3)9-13(22)19-17-15(16(18)24)11-7-6-8-12(11)25-17/h4-10H2,1-3H3,(H2,18,24)(H,19,22). The minimum absolute atomic E-state index is 0.00627. The number of rotatable bonds is 8. The monoisotopic (exact) mass is 366 g/mol. The third-order valence-corrected chi connectivity index (χ3v) is 5.56. The number of nitrogens with two attached hydrogens (primary N) is 1. The molecule has 2 rings (SSSR count). The van der Waals surface area contributed by atoms with Gasteiger partial charge in [-0.05, 0) is 45.7 Å². The van der Waals surface area contributed by atoms with Gasteiger partial charge in [-0.3, -0.25) is 19.3 Å². The summed E-state index contributed by atoms with van der Waals surface area (Å²) in [7, 11) is 1.73. The predicted octanol–water partition coefficient (Wildman–Crippen LogP) is 1.07. The Morgan fingerprint density at radius 1 is 1.16 bits per heavy atom. The number of carbonyl (C=O) groups is 3. The first-order valence-corrected chi connectivity index (χ1v) is 9.39. The first kappa shape index (κ1) is 19.4. The van der Waals surface area contributed by atoms with E-state index in [1.807, 2.05) is 13.8 Å². The molecule has 3 N–H and O–H groups in total. The van der Waals surface area contributed by atoms with Crippen molar-refractivity contribution >= 4 is 34.1 Å². The van der Waals surface area contributed by atoms with Crippen LogP contribution in [0.15, 0.2) is 0 Å². The van der Waals surface area contributed by atoms with E-state index in [1.54, 1.807) is 16.8 Å². The van der Waals surface area contributed by atoms with E-state index in [0.29, 0.717) is 23.7 Å². The molecular formula is C17H26N4O3S. The molecule has 0 aromatic carbocycles. The fraction of sp³-hybridized carbons (Fsp3) is 0.588. The number of likely N-dealkylation sites (N-methyl/N-ethyl adjacent to an activating group) is 2. The van der Waals surface area contributed by atoms with Crippen molar-refractivity contribution in [2.75, 3.05) is 38.5 Å². The number of carbonyl (C=O) groups excluding carboxylic acids is 3. The zero-order valence-electron chi connectivity index (χ0n) is 15.1. The van der Waals surface area contributed by atoms with Crippen molar-refractivity contribution in [2.45, 2.75) is 33.1 Å². The lowest BCUT2D eigenvalue weighted by molar-refractivity contribution is -0.132. The van der Waals surface area contributed by atoms with Gasteiger partial charge in [0.1, 0.15) is 5.00 Å². The summed E-state index contributed by atoms with van der Waals surface area (Å²) in [6.45, 7) is 5.41. The number of nitrogens with zero attached hydrogens (tertiary/aromatic N) is 2. The molecule has 0 fully saturated rings. The van der Waals surface area contributed by atoms with Gasteiger partial charge in [-0.15, -0.1) is 11.3 Å². The molecule has 1 aromatic heterocycles. The number of hydrogen-bond acceptors (Lipinski definition) is 5. The predicted molar refractivity (Wildman–Crippen MR) is 98.9 cm³/mol. The number of nitrogens with one attached hydrogen (secondary N) is 1. The zero-order valence-corrected chi connectivity index (χ0v) is 15.9. The highest BCUT2D eigenvalue weighted by atomic mass is 32.1. The average molecular weight is 366 g/mol. The summed E-state index contributed by atoms with van der Waals surface area (Å²) in [5, 5.41) is 3.33. The average Bonchev–Trinajstić information content (AvgIpc) is 3.07. The van der Waals surface area contributed by atoms with Gasteiger partial charge in [0.05, 0.1) is 18.7 Å². The molecule has 1 heterocycles. The third-order valence-electron chi connectivity index (χ3n) is 4.36. The summed E-state index contributed by atoms with van der Waals surface area (Å²) < 4.78 is 0. The molecule has 0 atom stereocenters. The largest absolute Gasteiger partial charge is 0.365 e. The molecule has 1 aromatic rings. The van der Waals surface area contributed by atoms with Gasteiger partial charge in [0.25, 0.3) is 5.91 Å². The molecule has 0 unspecified atom stereocenters. The maximum absolute atomic E-state index is 12.3. The molecule has 138 valence electrons. The SMILES string of the molecule is CCN(CC)C(=O)CN(C)CC(=O)Nc1sc2c(c1C(N)=O)CCC2. The van der Waals surface area contributed by atoms with Gasteiger partial charge in [-0.2, -0.15) is 0 Å². The highest BCUT2D eigenvalue weighted by Gasteiger charge is 2.26. The summed E-state index contributed by atoms with van der Waals surface area (Å²) in [4.78, 5) is 40.7. The van der Waals surface area contributed by atoms with Crippen LogP contribution in [0.4, 0.5) is 5.00 Å². The van der Waals surface area contributed by atoms with Crippen molar-refractivity contribution in [1.82, 2.24) is 9.80 Å². The Bertz CT molecular complexity index is 667. The summed E-state index contributed by atoms with van der Waals surface area (Å²) in [6, 6.07) is 0. The van der Waals surface area contributed by atoms with E-state index in [-0.39, 0.29) is 24.9 Å². The number of amides is 3. The summed E-state index contributed by atoms with van der Waals surface area (Å²) in [5.41, 5.74) is 6.93. The zero-order chi connectivity index (χ0) is 18.6. The lowest BCUT2D eigenvalue weighted by atomic mass is 10.1. The molecule has 0 bridgehead atoms. The molecule has 8 heteroatoms. The quantitative estimate of drug-likeness (QED) is 0.719. The molecule has 0 spiro atoms. The van der Waals surface area contributed by atoms with Crippen molar-refractivity contribution < 1.29 is 14.4 Å². The number of anilines is 1. The van der Waals surface area contributed by atoms with Crippen LogP contribution in [0.25, 0.3) is 0 Å². The summed E-state index contributed by atoms with van der Waals surface area (Å²) >= 11 is 1.43. The van der Waals surface area contributed by atoms with Crippen LogP contribution >= 0.6 is 11.3 Å².